The normalized spacial score (nSPS) is 16.7. The van der Waals surface area contributed by atoms with Crippen LogP contribution >= 0.6 is 0 Å². The summed E-state index contributed by atoms with van der Waals surface area (Å²) in [6.45, 7) is 1.98. The van der Waals surface area contributed by atoms with Crippen LogP contribution < -0.4 is 15.5 Å². The second-order valence-corrected chi connectivity index (χ2v) is 6.78. The van der Waals surface area contributed by atoms with Crippen molar-refractivity contribution < 1.29 is 14.3 Å². The Morgan fingerprint density at radius 3 is 2.81 bits per heavy atom. The predicted molar refractivity (Wildman–Crippen MR) is 102 cm³/mol. The molecule has 0 bridgehead atoms. The molecule has 0 unspecified atom stereocenters. The van der Waals surface area contributed by atoms with E-state index in [4.69, 9.17) is 4.74 Å². The van der Waals surface area contributed by atoms with Gasteiger partial charge in [0.1, 0.15) is 0 Å². The van der Waals surface area contributed by atoms with Crippen LogP contribution in [-0.4, -0.2) is 42.7 Å². The van der Waals surface area contributed by atoms with Gasteiger partial charge in [-0.3, -0.25) is 9.78 Å². The van der Waals surface area contributed by atoms with Gasteiger partial charge in [-0.15, -0.1) is 0 Å². The van der Waals surface area contributed by atoms with Crippen molar-refractivity contribution in [2.24, 2.45) is 0 Å². The Morgan fingerprint density at radius 2 is 2.04 bits per heavy atom. The first-order valence-electron chi connectivity index (χ1n) is 9.21. The number of hydrogen-bond donors (Lipinski definition) is 2. The Morgan fingerprint density at radius 1 is 1.19 bits per heavy atom. The Balaban J connectivity index is 1.46. The number of fused-ring (bicyclic) bond motifs is 1. The number of rotatable bonds is 3. The molecule has 2 aliphatic rings. The third kappa shape index (κ3) is 3.93. The topological polar surface area (TPSA) is 83.6 Å². The first-order chi connectivity index (χ1) is 13.2. The van der Waals surface area contributed by atoms with E-state index >= 15 is 0 Å². The highest BCUT2D eigenvalue weighted by atomic mass is 16.5. The van der Waals surface area contributed by atoms with Crippen molar-refractivity contribution >= 4 is 23.3 Å². The van der Waals surface area contributed by atoms with E-state index in [2.05, 4.69) is 15.6 Å². The third-order valence-corrected chi connectivity index (χ3v) is 4.95. The van der Waals surface area contributed by atoms with Gasteiger partial charge in [0.2, 0.25) is 0 Å². The van der Waals surface area contributed by atoms with Crippen LogP contribution in [0.4, 0.5) is 16.2 Å². The van der Waals surface area contributed by atoms with Crippen LogP contribution in [0.25, 0.3) is 0 Å². The molecule has 3 amide bonds. The standard InChI is InChI=1S/C20H22N4O3/c25-19(15-2-1-8-21-13-15)24-9-5-14-3-4-17(12-18(14)24)23-20(26)22-16-6-10-27-11-7-16/h1-4,8,12-13,16H,5-7,9-11H2,(H2,22,23,26). The number of aromatic nitrogens is 1. The Bertz CT molecular complexity index is 834. The van der Waals surface area contributed by atoms with E-state index in [0.717, 1.165) is 30.5 Å². The zero-order valence-electron chi connectivity index (χ0n) is 15.0. The van der Waals surface area contributed by atoms with Crippen LogP contribution in [0.5, 0.6) is 0 Å². The minimum absolute atomic E-state index is 0.0781. The van der Waals surface area contributed by atoms with Crippen molar-refractivity contribution in [3.05, 3.63) is 53.9 Å². The van der Waals surface area contributed by atoms with Gasteiger partial charge in [-0.1, -0.05) is 6.07 Å². The monoisotopic (exact) mass is 366 g/mol. The number of urea groups is 1. The Hall–Kier alpha value is -2.93. The molecule has 2 N–H and O–H groups in total. The number of amides is 3. The Kier molecular flexibility index (Phi) is 5.02. The number of carbonyl (C=O) groups is 2. The van der Waals surface area contributed by atoms with Crippen molar-refractivity contribution in [2.75, 3.05) is 30.0 Å². The number of ether oxygens (including phenoxy) is 1. The van der Waals surface area contributed by atoms with Crippen LogP contribution in [0.2, 0.25) is 0 Å². The molecule has 3 heterocycles. The van der Waals surface area contributed by atoms with Crippen LogP contribution in [0.3, 0.4) is 0 Å². The summed E-state index contributed by atoms with van der Waals surface area (Å²) in [5.41, 5.74) is 3.17. The van der Waals surface area contributed by atoms with Crippen LogP contribution in [0.15, 0.2) is 42.7 Å². The SMILES string of the molecule is O=C(Nc1ccc2c(c1)N(C(=O)c1cccnc1)CC2)NC1CCOCC1. The maximum absolute atomic E-state index is 12.8. The third-order valence-electron chi connectivity index (χ3n) is 4.95. The summed E-state index contributed by atoms with van der Waals surface area (Å²) in [5.74, 6) is -0.0781. The molecule has 7 nitrogen and oxygen atoms in total. The first-order valence-corrected chi connectivity index (χ1v) is 9.21. The van der Waals surface area contributed by atoms with Gasteiger partial charge in [-0.25, -0.2) is 4.79 Å². The highest BCUT2D eigenvalue weighted by molar-refractivity contribution is 6.07. The van der Waals surface area contributed by atoms with E-state index in [-0.39, 0.29) is 18.0 Å². The van der Waals surface area contributed by atoms with Crippen molar-refractivity contribution in [3.63, 3.8) is 0 Å². The average molecular weight is 366 g/mol. The fourth-order valence-electron chi connectivity index (χ4n) is 3.51. The van der Waals surface area contributed by atoms with Gasteiger partial charge in [0, 0.05) is 49.6 Å². The summed E-state index contributed by atoms with van der Waals surface area (Å²) < 4.78 is 5.31. The lowest BCUT2D eigenvalue weighted by molar-refractivity contribution is 0.0806. The smallest absolute Gasteiger partial charge is 0.319 e. The number of anilines is 2. The summed E-state index contributed by atoms with van der Waals surface area (Å²) in [6.07, 6.45) is 5.67. The van der Waals surface area contributed by atoms with E-state index in [1.807, 2.05) is 18.2 Å². The number of nitrogens with zero attached hydrogens (tertiary/aromatic N) is 2. The van der Waals surface area contributed by atoms with Crippen LogP contribution in [0, 0.1) is 0 Å². The minimum atomic E-state index is -0.231. The number of hydrogen-bond acceptors (Lipinski definition) is 4. The van der Waals surface area contributed by atoms with Crippen molar-refractivity contribution in [2.45, 2.75) is 25.3 Å². The van der Waals surface area contributed by atoms with Crippen LogP contribution in [0.1, 0.15) is 28.8 Å². The van der Waals surface area contributed by atoms with Crippen molar-refractivity contribution in [1.82, 2.24) is 10.3 Å². The molecule has 4 rings (SSSR count). The van der Waals surface area contributed by atoms with Gasteiger partial charge in [-0.05, 0) is 49.1 Å². The molecular formula is C20H22N4O3. The number of nitrogens with one attached hydrogen (secondary N) is 2. The van der Waals surface area contributed by atoms with Gasteiger partial charge < -0.3 is 20.3 Å². The van der Waals surface area contributed by atoms with Gasteiger partial charge in [0.25, 0.3) is 5.91 Å². The molecule has 1 aromatic heterocycles. The van der Waals surface area contributed by atoms with E-state index < -0.39 is 0 Å². The molecular weight excluding hydrogens is 344 g/mol. The number of pyridine rings is 1. The summed E-state index contributed by atoms with van der Waals surface area (Å²) in [4.78, 5) is 30.8. The lowest BCUT2D eigenvalue weighted by Crippen LogP contribution is -2.41. The fraction of sp³-hybridized carbons (Fsp3) is 0.350. The molecule has 140 valence electrons. The highest BCUT2D eigenvalue weighted by Gasteiger charge is 2.26. The molecule has 1 aromatic carbocycles. The molecule has 0 saturated carbocycles. The van der Waals surface area contributed by atoms with Crippen molar-refractivity contribution in [1.29, 1.82) is 0 Å². The predicted octanol–water partition coefficient (Wildman–Crippen LogP) is 2.58. The maximum atomic E-state index is 12.8. The quantitative estimate of drug-likeness (QED) is 0.875. The van der Waals surface area contributed by atoms with E-state index in [1.165, 1.54) is 0 Å². The number of benzene rings is 1. The highest BCUT2D eigenvalue weighted by Crippen LogP contribution is 2.32. The van der Waals surface area contributed by atoms with Gasteiger partial charge in [0.15, 0.2) is 0 Å². The maximum Gasteiger partial charge on any atom is 0.319 e. The molecule has 0 atom stereocenters. The lowest BCUT2D eigenvalue weighted by Gasteiger charge is -2.23. The van der Waals surface area contributed by atoms with Gasteiger partial charge >= 0.3 is 6.03 Å². The van der Waals surface area contributed by atoms with Gasteiger partial charge in [0.05, 0.1) is 5.56 Å². The number of carbonyl (C=O) groups excluding carboxylic acids is 2. The average Bonchev–Trinajstić information content (AvgIpc) is 3.12. The van der Waals surface area contributed by atoms with E-state index in [0.29, 0.717) is 31.0 Å². The summed E-state index contributed by atoms with van der Waals surface area (Å²) in [6, 6.07) is 9.12. The summed E-state index contributed by atoms with van der Waals surface area (Å²) in [7, 11) is 0. The zero-order chi connectivity index (χ0) is 18.6. The fourth-order valence-corrected chi connectivity index (χ4v) is 3.51. The largest absolute Gasteiger partial charge is 0.381 e. The molecule has 1 fully saturated rings. The molecule has 7 heteroatoms. The second-order valence-electron chi connectivity index (χ2n) is 6.78. The lowest BCUT2D eigenvalue weighted by atomic mass is 10.1. The summed E-state index contributed by atoms with van der Waals surface area (Å²) >= 11 is 0. The van der Waals surface area contributed by atoms with Gasteiger partial charge in [-0.2, -0.15) is 0 Å². The second kappa shape index (κ2) is 7.75. The zero-order valence-corrected chi connectivity index (χ0v) is 15.0. The van der Waals surface area contributed by atoms with E-state index in [1.54, 1.807) is 29.4 Å². The molecule has 0 spiro atoms. The summed E-state index contributed by atoms with van der Waals surface area (Å²) in [5, 5.41) is 5.85. The van der Waals surface area contributed by atoms with E-state index in [9.17, 15) is 9.59 Å². The molecule has 27 heavy (non-hydrogen) atoms. The van der Waals surface area contributed by atoms with Crippen LogP contribution in [-0.2, 0) is 11.2 Å². The molecule has 0 radical (unpaired) electrons. The molecule has 2 aromatic rings. The molecule has 2 aliphatic heterocycles. The molecule has 1 saturated heterocycles. The first kappa shape index (κ1) is 17.5. The minimum Gasteiger partial charge on any atom is -0.381 e. The molecule has 0 aliphatic carbocycles. The van der Waals surface area contributed by atoms with Crippen molar-refractivity contribution in [3.8, 4) is 0 Å². The Labute approximate surface area is 157 Å².